The van der Waals surface area contributed by atoms with Crippen molar-refractivity contribution in [3.05, 3.63) is 70.5 Å². The van der Waals surface area contributed by atoms with Crippen molar-refractivity contribution in [2.24, 2.45) is 0 Å². The van der Waals surface area contributed by atoms with E-state index in [1.165, 1.54) is 12.1 Å². The van der Waals surface area contributed by atoms with Crippen LogP contribution in [0.1, 0.15) is 23.2 Å². The molecule has 0 unspecified atom stereocenters. The van der Waals surface area contributed by atoms with Crippen LogP contribution in [0.15, 0.2) is 52.7 Å². The van der Waals surface area contributed by atoms with Crippen molar-refractivity contribution in [2.75, 3.05) is 10.0 Å². The summed E-state index contributed by atoms with van der Waals surface area (Å²) in [7, 11) is -3.84. The molecule has 2 N–H and O–H groups in total. The normalized spacial score (nSPS) is 11.3. The van der Waals surface area contributed by atoms with Gasteiger partial charge in [0.2, 0.25) is 5.91 Å². The molecule has 6 nitrogen and oxygen atoms in total. The van der Waals surface area contributed by atoms with Gasteiger partial charge in [-0.1, -0.05) is 6.07 Å². The van der Waals surface area contributed by atoms with Gasteiger partial charge in [-0.05, 0) is 67.8 Å². The zero-order chi connectivity index (χ0) is 21.0. The Morgan fingerprint density at radius 2 is 1.83 bits per heavy atom. The summed E-state index contributed by atoms with van der Waals surface area (Å²) >= 11 is 1.13. The molecule has 3 rings (SSSR count). The van der Waals surface area contributed by atoms with Crippen LogP contribution in [0.4, 0.5) is 15.2 Å². The zero-order valence-corrected chi connectivity index (χ0v) is 17.5. The predicted molar refractivity (Wildman–Crippen MR) is 112 cm³/mol. The molecule has 29 heavy (non-hydrogen) atoms. The molecule has 0 aliphatic heterocycles. The Morgan fingerprint density at radius 3 is 2.52 bits per heavy atom. The highest BCUT2D eigenvalue weighted by Crippen LogP contribution is 2.21. The molecular formula is C20H20FN3O3S2. The highest BCUT2D eigenvalue weighted by Gasteiger charge is 2.16. The minimum atomic E-state index is -3.84. The molecule has 0 atom stereocenters. The lowest BCUT2D eigenvalue weighted by Gasteiger charge is -2.07. The number of nitrogens with one attached hydrogen (secondary N) is 2. The number of carbonyl (C=O) groups excluding carboxylic acids is 1. The Balaban J connectivity index is 1.56. The Kier molecular flexibility index (Phi) is 6.29. The lowest BCUT2D eigenvalue weighted by Crippen LogP contribution is -2.13. The fourth-order valence-electron chi connectivity index (χ4n) is 2.54. The number of aryl methyl sites for hydroxylation is 3. The minimum Gasteiger partial charge on any atom is -0.326 e. The van der Waals surface area contributed by atoms with E-state index < -0.39 is 15.8 Å². The number of benzene rings is 2. The third kappa shape index (κ3) is 5.61. The smallest absolute Gasteiger partial charge is 0.263 e. The van der Waals surface area contributed by atoms with Crippen LogP contribution in [0.5, 0.6) is 0 Å². The molecule has 0 aliphatic carbocycles. The van der Waals surface area contributed by atoms with Gasteiger partial charge in [0.05, 0.1) is 10.6 Å². The number of hydrogen-bond acceptors (Lipinski definition) is 5. The Labute approximate surface area is 172 Å². The summed E-state index contributed by atoms with van der Waals surface area (Å²) in [6, 6.07) is 10.2. The van der Waals surface area contributed by atoms with Gasteiger partial charge in [-0.15, -0.1) is 11.3 Å². The summed E-state index contributed by atoms with van der Waals surface area (Å²) in [5, 5.41) is 4.74. The van der Waals surface area contributed by atoms with Gasteiger partial charge in [0.1, 0.15) is 5.82 Å². The number of aromatic nitrogens is 1. The molecule has 0 fully saturated rings. The summed E-state index contributed by atoms with van der Waals surface area (Å²) in [6.45, 7) is 3.99. The van der Waals surface area contributed by atoms with Crippen LogP contribution in [0, 0.1) is 19.7 Å². The number of rotatable bonds is 7. The molecule has 3 aromatic rings. The highest BCUT2D eigenvalue weighted by molar-refractivity contribution is 7.93. The maximum absolute atomic E-state index is 13.0. The number of carbonyl (C=O) groups is 1. The summed E-state index contributed by atoms with van der Waals surface area (Å²) in [5.41, 5.74) is 3.60. The van der Waals surface area contributed by atoms with Crippen molar-refractivity contribution in [1.82, 2.24) is 4.98 Å². The number of amides is 1. The number of sulfonamides is 1. The van der Waals surface area contributed by atoms with Gasteiger partial charge in [0.15, 0.2) is 5.13 Å². The molecular weight excluding hydrogens is 413 g/mol. The van der Waals surface area contributed by atoms with Crippen molar-refractivity contribution in [3.63, 3.8) is 0 Å². The second-order valence-electron chi connectivity index (χ2n) is 6.55. The Hall–Kier alpha value is -2.78. The number of thiazole rings is 1. The number of hydrogen-bond donors (Lipinski definition) is 2. The second-order valence-corrected chi connectivity index (χ2v) is 9.09. The number of nitrogens with zero attached hydrogens (tertiary/aromatic N) is 1. The molecule has 152 valence electrons. The van der Waals surface area contributed by atoms with E-state index in [2.05, 4.69) is 15.0 Å². The van der Waals surface area contributed by atoms with Crippen LogP contribution in [0.2, 0.25) is 0 Å². The standard InChI is InChI=1S/C20H20FN3O3S2/c1-13-3-6-16(11-14(13)2)22-19(25)10-7-17-12-28-20(23-17)24-29(26,27)18-8-4-15(21)5-9-18/h3-6,8-9,11-12H,7,10H2,1-2H3,(H,22,25)(H,23,24). The summed E-state index contributed by atoms with van der Waals surface area (Å²) in [6.07, 6.45) is 0.603. The maximum Gasteiger partial charge on any atom is 0.263 e. The van der Waals surface area contributed by atoms with Gasteiger partial charge >= 0.3 is 0 Å². The third-order valence-corrected chi connectivity index (χ3v) is 6.59. The fraction of sp³-hybridized carbons (Fsp3) is 0.200. The lowest BCUT2D eigenvalue weighted by atomic mass is 10.1. The molecule has 0 saturated carbocycles. The monoisotopic (exact) mass is 433 g/mol. The second kappa shape index (κ2) is 8.71. The Morgan fingerprint density at radius 1 is 1.10 bits per heavy atom. The van der Waals surface area contributed by atoms with E-state index in [-0.39, 0.29) is 22.4 Å². The van der Waals surface area contributed by atoms with Gasteiger partial charge in [-0.25, -0.2) is 17.8 Å². The molecule has 1 amide bonds. The fourth-order valence-corrected chi connectivity index (χ4v) is 4.54. The molecule has 2 aromatic carbocycles. The molecule has 9 heteroatoms. The molecule has 0 saturated heterocycles. The van der Waals surface area contributed by atoms with E-state index in [9.17, 15) is 17.6 Å². The van der Waals surface area contributed by atoms with Gasteiger partial charge in [-0.2, -0.15) is 0 Å². The average molecular weight is 434 g/mol. The van der Waals surface area contributed by atoms with Gasteiger partial charge in [0.25, 0.3) is 10.0 Å². The van der Waals surface area contributed by atoms with Crippen LogP contribution < -0.4 is 10.0 Å². The van der Waals surface area contributed by atoms with E-state index in [4.69, 9.17) is 0 Å². The van der Waals surface area contributed by atoms with Crippen LogP contribution in [0.3, 0.4) is 0 Å². The molecule has 0 spiro atoms. The Bertz CT molecular complexity index is 1130. The highest BCUT2D eigenvalue weighted by atomic mass is 32.2. The minimum absolute atomic E-state index is 0.0524. The zero-order valence-electron chi connectivity index (χ0n) is 15.9. The maximum atomic E-state index is 13.0. The van der Waals surface area contributed by atoms with Gasteiger partial charge in [-0.3, -0.25) is 9.52 Å². The number of anilines is 2. The summed E-state index contributed by atoms with van der Waals surface area (Å²) < 4.78 is 40.0. The SMILES string of the molecule is Cc1ccc(NC(=O)CCc2csc(NS(=O)(=O)c3ccc(F)cc3)n2)cc1C. The van der Waals surface area contributed by atoms with Gasteiger partial charge < -0.3 is 5.32 Å². The van der Waals surface area contributed by atoms with E-state index in [0.29, 0.717) is 12.1 Å². The first-order valence-electron chi connectivity index (χ1n) is 8.83. The van der Waals surface area contributed by atoms with Crippen molar-refractivity contribution in [3.8, 4) is 0 Å². The van der Waals surface area contributed by atoms with Crippen LogP contribution in [0.25, 0.3) is 0 Å². The average Bonchev–Trinajstić information content (AvgIpc) is 3.10. The molecule has 0 radical (unpaired) electrons. The topological polar surface area (TPSA) is 88.2 Å². The summed E-state index contributed by atoms with van der Waals surface area (Å²) in [5.74, 6) is -0.658. The molecule has 1 heterocycles. The quantitative estimate of drug-likeness (QED) is 0.582. The van der Waals surface area contributed by atoms with E-state index >= 15 is 0 Å². The third-order valence-electron chi connectivity index (χ3n) is 4.30. The van der Waals surface area contributed by atoms with Gasteiger partial charge in [0, 0.05) is 17.5 Å². The van der Waals surface area contributed by atoms with Crippen LogP contribution in [-0.4, -0.2) is 19.3 Å². The van der Waals surface area contributed by atoms with Crippen LogP contribution in [-0.2, 0) is 21.2 Å². The van der Waals surface area contributed by atoms with E-state index in [1.54, 1.807) is 5.38 Å². The van der Waals surface area contributed by atoms with E-state index in [0.717, 1.165) is 40.3 Å². The van der Waals surface area contributed by atoms with Crippen molar-refractivity contribution in [1.29, 1.82) is 0 Å². The summed E-state index contributed by atoms with van der Waals surface area (Å²) in [4.78, 5) is 16.3. The first-order valence-corrected chi connectivity index (χ1v) is 11.2. The van der Waals surface area contributed by atoms with Crippen molar-refractivity contribution in [2.45, 2.75) is 31.6 Å². The first-order chi connectivity index (χ1) is 13.7. The van der Waals surface area contributed by atoms with Crippen LogP contribution >= 0.6 is 11.3 Å². The largest absolute Gasteiger partial charge is 0.326 e. The first kappa shape index (κ1) is 20.9. The molecule has 1 aromatic heterocycles. The number of halogens is 1. The lowest BCUT2D eigenvalue weighted by molar-refractivity contribution is -0.116. The predicted octanol–water partition coefficient (Wildman–Crippen LogP) is 4.27. The molecule has 0 aliphatic rings. The molecule has 0 bridgehead atoms. The van der Waals surface area contributed by atoms with Crippen molar-refractivity contribution >= 4 is 38.1 Å². The van der Waals surface area contributed by atoms with E-state index in [1.807, 2.05) is 32.0 Å². The van der Waals surface area contributed by atoms with Crippen molar-refractivity contribution < 1.29 is 17.6 Å².